The van der Waals surface area contributed by atoms with Crippen LogP contribution in [0.25, 0.3) is 0 Å². The number of halogens is 1. The Morgan fingerprint density at radius 3 is 2.74 bits per heavy atom. The van der Waals surface area contributed by atoms with E-state index in [2.05, 4.69) is 4.99 Å². The number of hydrogen-bond acceptors (Lipinski definition) is 7. The number of nitrogens with one attached hydrogen (secondary N) is 1. The van der Waals surface area contributed by atoms with E-state index in [1.807, 2.05) is 6.92 Å². The average Bonchev–Trinajstić information content (AvgIpc) is 2.57. The summed E-state index contributed by atoms with van der Waals surface area (Å²) in [6.07, 6.45) is 2.13. The van der Waals surface area contributed by atoms with Crippen LogP contribution in [0.4, 0.5) is 0 Å². The fourth-order valence-electron chi connectivity index (χ4n) is 2.84. The Labute approximate surface area is 164 Å². The molecule has 0 aliphatic carbocycles. The molecule has 1 amide bonds. The zero-order valence-electron chi connectivity index (χ0n) is 15.6. The third-order valence-corrected chi connectivity index (χ3v) is 4.18. The van der Waals surface area contributed by atoms with E-state index in [9.17, 15) is 19.7 Å². The summed E-state index contributed by atoms with van der Waals surface area (Å²) in [5.74, 6) is -0.670. The van der Waals surface area contributed by atoms with E-state index in [1.54, 1.807) is 12.3 Å². The lowest BCUT2D eigenvalue weighted by Gasteiger charge is -2.38. The Bertz CT molecular complexity index is 547. The van der Waals surface area contributed by atoms with Crippen molar-refractivity contribution in [3.8, 4) is 0 Å². The molecule has 1 saturated heterocycles. The Balaban J connectivity index is 0.00000676. The van der Waals surface area contributed by atoms with Crippen LogP contribution in [0.1, 0.15) is 39.5 Å². The van der Waals surface area contributed by atoms with Crippen molar-refractivity contribution in [3.05, 3.63) is 10.1 Å². The van der Waals surface area contributed by atoms with Crippen LogP contribution >= 0.6 is 12.4 Å². The second kappa shape index (κ2) is 12.3. The zero-order chi connectivity index (χ0) is 19.7. The molecule has 3 atom stereocenters. The monoisotopic (exact) mass is 408 g/mol. The summed E-state index contributed by atoms with van der Waals surface area (Å²) >= 11 is 0. The summed E-state index contributed by atoms with van der Waals surface area (Å²) < 4.78 is 5.08. The normalized spacial score (nSPS) is 21.0. The van der Waals surface area contributed by atoms with Gasteiger partial charge in [0.05, 0.1) is 12.6 Å². The molecule has 0 aromatic carbocycles. The predicted octanol–water partition coefficient (Wildman–Crippen LogP) is -0.198. The number of nitro groups is 1. The third kappa shape index (κ3) is 8.39. The Morgan fingerprint density at radius 2 is 2.15 bits per heavy atom. The lowest BCUT2D eigenvalue weighted by atomic mass is 9.91. The number of nitrogens with zero attached hydrogens (tertiary/aromatic N) is 3. The highest BCUT2D eigenvalue weighted by molar-refractivity contribution is 5.87. The molecular weight excluding hydrogens is 380 g/mol. The maximum Gasteiger partial charge on any atom is 0.328 e. The van der Waals surface area contributed by atoms with E-state index in [-0.39, 0.29) is 37.4 Å². The molecule has 0 aromatic heterocycles. The van der Waals surface area contributed by atoms with Gasteiger partial charge >= 0.3 is 5.97 Å². The van der Waals surface area contributed by atoms with Gasteiger partial charge in [-0.15, -0.1) is 12.4 Å². The van der Waals surface area contributed by atoms with Crippen LogP contribution in [-0.2, 0) is 14.3 Å². The van der Waals surface area contributed by atoms with Crippen molar-refractivity contribution in [3.63, 3.8) is 0 Å². The van der Waals surface area contributed by atoms with Gasteiger partial charge in [0.25, 0.3) is 5.96 Å². The Morgan fingerprint density at radius 1 is 1.48 bits per heavy atom. The number of hydrogen-bond donors (Lipinski definition) is 3. The van der Waals surface area contributed by atoms with Crippen molar-refractivity contribution < 1.29 is 19.4 Å². The number of guanidine groups is 1. The first-order chi connectivity index (χ1) is 12.3. The van der Waals surface area contributed by atoms with Gasteiger partial charge in [-0.3, -0.25) is 4.79 Å². The topological polar surface area (TPSA) is 166 Å². The van der Waals surface area contributed by atoms with Gasteiger partial charge in [-0.2, -0.15) is 0 Å². The molecule has 1 aliphatic heterocycles. The molecular formula is C15H29ClN6O5. The number of esters is 1. The predicted molar refractivity (Wildman–Crippen MR) is 102 cm³/mol. The molecule has 27 heavy (non-hydrogen) atoms. The lowest BCUT2D eigenvalue weighted by Crippen LogP contribution is -2.55. The summed E-state index contributed by atoms with van der Waals surface area (Å²) in [7, 11) is 0. The van der Waals surface area contributed by atoms with E-state index in [0.717, 1.165) is 6.42 Å². The minimum absolute atomic E-state index is 0. The Kier molecular flexibility index (Phi) is 11.3. The number of aliphatic imine (C=N–C) groups is 1. The first kappa shape index (κ1) is 24.9. The highest BCUT2D eigenvalue weighted by Gasteiger charge is 2.37. The Hall–Kier alpha value is -2.14. The van der Waals surface area contributed by atoms with E-state index in [0.29, 0.717) is 31.7 Å². The number of ether oxygens (including phenoxy) is 1. The van der Waals surface area contributed by atoms with E-state index in [4.69, 9.17) is 16.2 Å². The minimum atomic E-state index is -0.805. The van der Waals surface area contributed by atoms with Gasteiger partial charge in [0, 0.05) is 13.1 Å². The largest absolute Gasteiger partial charge is 0.464 e. The molecule has 0 saturated carbocycles. The molecule has 1 aliphatic rings. The molecule has 0 radical (unpaired) electrons. The smallest absolute Gasteiger partial charge is 0.328 e. The first-order valence-electron chi connectivity index (χ1n) is 8.69. The molecule has 11 nitrogen and oxygen atoms in total. The molecule has 1 heterocycles. The molecule has 0 unspecified atom stereocenters. The van der Waals surface area contributed by atoms with Crippen molar-refractivity contribution in [2.45, 2.75) is 51.6 Å². The second-order valence-electron chi connectivity index (χ2n) is 6.31. The number of hydrazine groups is 1. The zero-order valence-corrected chi connectivity index (χ0v) is 16.4. The molecule has 0 aromatic rings. The highest BCUT2D eigenvalue weighted by atomic mass is 35.5. The molecule has 0 spiro atoms. The van der Waals surface area contributed by atoms with E-state index >= 15 is 0 Å². The van der Waals surface area contributed by atoms with Crippen molar-refractivity contribution in [2.75, 3.05) is 19.7 Å². The van der Waals surface area contributed by atoms with Gasteiger partial charge in [0.2, 0.25) is 5.91 Å². The SMILES string of the molecule is CCOC(=O)[C@@H]1C[C@@H](C)CCN1C(=O)[C@@H](N)CCCN=C(N)N[N+](=O)[O-].Cl. The fourth-order valence-corrected chi connectivity index (χ4v) is 2.84. The van der Waals surface area contributed by atoms with Crippen molar-refractivity contribution in [1.82, 2.24) is 10.3 Å². The third-order valence-electron chi connectivity index (χ3n) is 4.18. The van der Waals surface area contributed by atoms with Crippen LogP contribution < -0.4 is 16.9 Å². The summed E-state index contributed by atoms with van der Waals surface area (Å²) in [5.41, 5.74) is 13.0. The van der Waals surface area contributed by atoms with Gasteiger partial charge in [-0.1, -0.05) is 12.3 Å². The van der Waals surface area contributed by atoms with Crippen molar-refractivity contribution in [1.29, 1.82) is 0 Å². The molecule has 156 valence electrons. The summed E-state index contributed by atoms with van der Waals surface area (Å²) in [5, 5.41) is 9.39. The average molecular weight is 409 g/mol. The lowest BCUT2D eigenvalue weighted by molar-refractivity contribution is -0.525. The molecule has 0 bridgehead atoms. The molecule has 12 heteroatoms. The summed E-state index contributed by atoms with van der Waals surface area (Å²) in [6.45, 7) is 4.69. The van der Waals surface area contributed by atoms with E-state index < -0.39 is 23.1 Å². The molecule has 1 fully saturated rings. The first-order valence-corrected chi connectivity index (χ1v) is 8.69. The number of carbonyl (C=O) groups is 2. The second-order valence-corrected chi connectivity index (χ2v) is 6.31. The van der Waals surface area contributed by atoms with Gasteiger partial charge < -0.3 is 21.1 Å². The maximum atomic E-state index is 12.6. The van der Waals surface area contributed by atoms with Crippen LogP contribution in [0.3, 0.4) is 0 Å². The van der Waals surface area contributed by atoms with Crippen LogP contribution in [-0.4, -0.2) is 59.5 Å². The van der Waals surface area contributed by atoms with Crippen LogP contribution in [0.2, 0.25) is 0 Å². The number of nitrogens with two attached hydrogens (primary N) is 2. The van der Waals surface area contributed by atoms with Gasteiger partial charge in [-0.25, -0.2) is 19.9 Å². The van der Waals surface area contributed by atoms with Gasteiger partial charge in [-0.05, 0) is 38.5 Å². The number of piperidine rings is 1. The molecule has 5 N–H and O–H groups in total. The minimum Gasteiger partial charge on any atom is -0.464 e. The van der Waals surface area contributed by atoms with Gasteiger partial charge in [0.1, 0.15) is 6.04 Å². The maximum absolute atomic E-state index is 12.6. The van der Waals surface area contributed by atoms with Crippen LogP contribution in [0, 0.1) is 16.0 Å². The fraction of sp³-hybridized carbons (Fsp3) is 0.800. The number of rotatable bonds is 8. The van der Waals surface area contributed by atoms with Crippen LogP contribution in [0.5, 0.6) is 0 Å². The highest BCUT2D eigenvalue weighted by Crippen LogP contribution is 2.24. The molecule has 1 rings (SSSR count). The standard InChI is InChI=1S/C15H28N6O5.ClH/c1-3-26-14(23)12-9-10(2)6-8-20(12)13(22)11(16)5-4-7-18-15(17)19-21(24)25;/h10-12H,3-9,16H2,1-2H3,(H3,17,18,19);1H/t10-,11-,12-;/m0./s1. The number of amides is 1. The van der Waals surface area contributed by atoms with Crippen molar-refractivity contribution in [2.24, 2.45) is 22.4 Å². The van der Waals surface area contributed by atoms with Crippen molar-refractivity contribution >= 4 is 30.2 Å². The summed E-state index contributed by atoms with van der Waals surface area (Å²) in [6, 6.07) is -1.38. The van der Waals surface area contributed by atoms with Gasteiger partial charge in [0.15, 0.2) is 5.03 Å². The van der Waals surface area contributed by atoms with E-state index in [1.165, 1.54) is 4.90 Å². The number of likely N-dealkylation sites (tertiary alicyclic amines) is 1. The number of carbonyl (C=O) groups excluding carboxylic acids is 2. The quantitative estimate of drug-likeness (QED) is 0.124. The summed E-state index contributed by atoms with van der Waals surface area (Å²) in [4.78, 5) is 40.3. The van der Waals surface area contributed by atoms with Crippen LogP contribution in [0.15, 0.2) is 4.99 Å².